The summed E-state index contributed by atoms with van der Waals surface area (Å²) in [5.41, 5.74) is 0. The molecule has 1 heterocycles. The molecule has 1 aromatic rings. The fourth-order valence-electron chi connectivity index (χ4n) is 2.71. The van der Waals surface area contributed by atoms with Crippen molar-refractivity contribution in [3.63, 3.8) is 0 Å². The highest BCUT2D eigenvalue weighted by atomic mass is 16.5. The summed E-state index contributed by atoms with van der Waals surface area (Å²) >= 11 is 0. The standard InChI is InChI=1S/C18H27NO5/c1-21-11-12-23-13-15-7-9-19(10-8-15)18(20)14-24-17-6-4-3-5-16(17)22-2/h3-6,15H,7-14H2,1-2H3. The molecule has 6 heteroatoms. The van der Waals surface area contributed by atoms with E-state index in [1.54, 1.807) is 20.3 Å². The molecule has 0 spiro atoms. The Balaban J connectivity index is 1.69. The summed E-state index contributed by atoms with van der Waals surface area (Å²) in [4.78, 5) is 14.2. The van der Waals surface area contributed by atoms with Crippen LogP contribution < -0.4 is 9.47 Å². The molecule has 134 valence electrons. The van der Waals surface area contributed by atoms with Crippen molar-refractivity contribution in [3.8, 4) is 11.5 Å². The molecular formula is C18H27NO5. The first-order chi connectivity index (χ1) is 11.7. The molecular weight excluding hydrogens is 310 g/mol. The van der Waals surface area contributed by atoms with Gasteiger partial charge < -0.3 is 23.8 Å². The Bertz CT molecular complexity index is 500. The van der Waals surface area contributed by atoms with E-state index >= 15 is 0 Å². The third-order valence-corrected chi connectivity index (χ3v) is 4.17. The van der Waals surface area contributed by atoms with Gasteiger partial charge in [-0.15, -0.1) is 0 Å². The van der Waals surface area contributed by atoms with Crippen molar-refractivity contribution in [2.45, 2.75) is 12.8 Å². The number of likely N-dealkylation sites (tertiary alicyclic amines) is 1. The molecule has 1 fully saturated rings. The lowest BCUT2D eigenvalue weighted by Gasteiger charge is -2.31. The molecule has 0 aromatic heterocycles. The van der Waals surface area contributed by atoms with Crippen molar-refractivity contribution in [2.24, 2.45) is 5.92 Å². The molecule has 2 rings (SSSR count). The second-order valence-corrected chi connectivity index (χ2v) is 5.83. The van der Waals surface area contributed by atoms with Crippen molar-refractivity contribution in [1.82, 2.24) is 4.90 Å². The van der Waals surface area contributed by atoms with Crippen molar-refractivity contribution >= 4 is 5.91 Å². The maximum atomic E-state index is 12.3. The summed E-state index contributed by atoms with van der Waals surface area (Å²) in [7, 11) is 3.25. The van der Waals surface area contributed by atoms with Gasteiger partial charge in [0.25, 0.3) is 5.91 Å². The number of para-hydroxylation sites is 2. The van der Waals surface area contributed by atoms with E-state index in [2.05, 4.69) is 0 Å². The van der Waals surface area contributed by atoms with E-state index in [0.717, 1.165) is 32.5 Å². The first kappa shape index (κ1) is 18.5. The lowest BCUT2D eigenvalue weighted by atomic mass is 9.98. The van der Waals surface area contributed by atoms with E-state index in [4.69, 9.17) is 18.9 Å². The van der Waals surface area contributed by atoms with Crippen LogP contribution in [0, 0.1) is 5.92 Å². The molecule has 0 saturated carbocycles. The zero-order valence-corrected chi connectivity index (χ0v) is 14.5. The molecule has 1 aliphatic rings. The average molecular weight is 337 g/mol. The van der Waals surface area contributed by atoms with Gasteiger partial charge in [-0.05, 0) is 30.9 Å². The highest BCUT2D eigenvalue weighted by Gasteiger charge is 2.23. The number of hydrogen-bond donors (Lipinski definition) is 0. The number of hydrogen-bond acceptors (Lipinski definition) is 5. The van der Waals surface area contributed by atoms with Crippen LogP contribution in [0.5, 0.6) is 11.5 Å². The first-order valence-corrected chi connectivity index (χ1v) is 8.35. The van der Waals surface area contributed by atoms with Gasteiger partial charge in [0, 0.05) is 26.8 Å². The summed E-state index contributed by atoms with van der Waals surface area (Å²) in [6.45, 7) is 3.54. The number of rotatable bonds is 9. The van der Waals surface area contributed by atoms with Crippen LogP contribution in [0.4, 0.5) is 0 Å². The van der Waals surface area contributed by atoms with Gasteiger partial charge in [-0.1, -0.05) is 12.1 Å². The molecule has 6 nitrogen and oxygen atoms in total. The van der Waals surface area contributed by atoms with Gasteiger partial charge in [-0.25, -0.2) is 0 Å². The van der Waals surface area contributed by atoms with E-state index in [9.17, 15) is 4.79 Å². The highest BCUT2D eigenvalue weighted by Crippen LogP contribution is 2.26. The van der Waals surface area contributed by atoms with Crippen LogP contribution in [0.15, 0.2) is 24.3 Å². The fourth-order valence-corrected chi connectivity index (χ4v) is 2.71. The zero-order chi connectivity index (χ0) is 17.2. The van der Waals surface area contributed by atoms with Crippen molar-refractivity contribution in [3.05, 3.63) is 24.3 Å². The van der Waals surface area contributed by atoms with Gasteiger partial charge in [-0.2, -0.15) is 0 Å². The zero-order valence-electron chi connectivity index (χ0n) is 14.5. The molecule has 0 N–H and O–H groups in total. The maximum absolute atomic E-state index is 12.3. The predicted molar refractivity (Wildman–Crippen MR) is 90.5 cm³/mol. The van der Waals surface area contributed by atoms with Gasteiger partial charge in [0.1, 0.15) is 0 Å². The van der Waals surface area contributed by atoms with Crippen molar-refractivity contribution in [2.75, 3.05) is 53.7 Å². The van der Waals surface area contributed by atoms with Gasteiger partial charge in [0.05, 0.1) is 20.3 Å². The fraction of sp³-hybridized carbons (Fsp3) is 0.611. The van der Waals surface area contributed by atoms with E-state index in [1.165, 1.54) is 0 Å². The molecule has 0 radical (unpaired) electrons. The summed E-state index contributed by atoms with van der Waals surface area (Å²) in [6.07, 6.45) is 1.93. The van der Waals surface area contributed by atoms with E-state index < -0.39 is 0 Å². The third-order valence-electron chi connectivity index (χ3n) is 4.17. The average Bonchev–Trinajstić information content (AvgIpc) is 2.64. The Hall–Kier alpha value is -1.79. The number of nitrogens with zero attached hydrogens (tertiary/aromatic N) is 1. The molecule has 1 aromatic carbocycles. The molecule has 0 aliphatic carbocycles. The Morgan fingerprint density at radius 2 is 1.83 bits per heavy atom. The smallest absolute Gasteiger partial charge is 0.260 e. The Labute approximate surface area is 143 Å². The van der Waals surface area contributed by atoms with Crippen molar-refractivity contribution in [1.29, 1.82) is 0 Å². The number of carbonyl (C=O) groups is 1. The maximum Gasteiger partial charge on any atom is 0.260 e. The predicted octanol–water partition coefficient (Wildman–Crippen LogP) is 1.98. The SMILES string of the molecule is COCCOCC1CCN(C(=O)COc2ccccc2OC)CC1. The third kappa shape index (κ3) is 5.69. The Kier molecular flexibility index (Phi) is 7.85. The van der Waals surface area contributed by atoms with Crippen LogP contribution in [0.3, 0.4) is 0 Å². The number of carbonyl (C=O) groups excluding carboxylic acids is 1. The van der Waals surface area contributed by atoms with Crippen LogP contribution in [0.2, 0.25) is 0 Å². The molecule has 1 saturated heterocycles. The Morgan fingerprint density at radius 1 is 1.12 bits per heavy atom. The van der Waals surface area contributed by atoms with Gasteiger partial charge in [-0.3, -0.25) is 4.79 Å². The largest absolute Gasteiger partial charge is 0.493 e. The van der Waals surface area contributed by atoms with Crippen LogP contribution in [0.1, 0.15) is 12.8 Å². The van der Waals surface area contributed by atoms with Crippen LogP contribution in [-0.2, 0) is 14.3 Å². The number of methoxy groups -OCH3 is 2. The van der Waals surface area contributed by atoms with E-state index in [0.29, 0.717) is 30.6 Å². The lowest BCUT2D eigenvalue weighted by molar-refractivity contribution is -0.135. The molecule has 24 heavy (non-hydrogen) atoms. The minimum absolute atomic E-state index is 0.0136. The van der Waals surface area contributed by atoms with Crippen LogP contribution in [-0.4, -0.2) is 64.5 Å². The minimum atomic E-state index is 0.0136. The van der Waals surface area contributed by atoms with Gasteiger partial charge >= 0.3 is 0 Å². The van der Waals surface area contributed by atoms with E-state index in [1.807, 2.05) is 23.1 Å². The van der Waals surface area contributed by atoms with Crippen LogP contribution in [0.25, 0.3) is 0 Å². The molecule has 1 aliphatic heterocycles. The summed E-state index contributed by atoms with van der Waals surface area (Å²) in [5.74, 6) is 1.76. The summed E-state index contributed by atoms with van der Waals surface area (Å²) in [5, 5.41) is 0. The van der Waals surface area contributed by atoms with Gasteiger partial charge in [0.15, 0.2) is 18.1 Å². The first-order valence-electron chi connectivity index (χ1n) is 8.35. The Morgan fingerprint density at radius 3 is 2.50 bits per heavy atom. The second-order valence-electron chi connectivity index (χ2n) is 5.83. The highest BCUT2D eigenvalue weighted by molar-refractivity contribution is 5.78. The molecule has 0 unspecified atom stereocenters. The molecule has 0 bridgehead atoms. The van der Waals surface area contributed by atoms with Crippen molar-refractivity contribution < 1.29 is 23.7 Å². The number of ether oxygens (including phenoxy) is 4. The number of amides is 1. The quantitative estimate of drug-likeness (QED) is 0.645. The molecule has 1 amide bonds. The summed E-state index contributed by atoms with van der Waals surface area (Å²) < 4.78 is 21.4. The topological polar surface area (TPSA) is 57.2 Å². The number of benzene rings is 1. The monoisotopic (exact) mass is 337 g/mol. The number of piperidine rings is 1. The van der Waals surface area contributed by atoms with Gasteiger partial charge in [0.2, 0.25) is 0 Å². The summed E-state index contributed by atoms with van der Waals surface area (Å²) in [6, 6.07) is 7.34. The van der Waals surface area contributed by atoms with E-state index in [-0.39, 0.29) is 12.5 Å². The minimum Gasteiger partial charge on any atom is -0.493 e. The normalized spacial score (nSPS) is 15.3. The van der Waals surface area contributed by atoms with Crippen LogP contribution >= 0.6 is 0 Å². The molecule has 0 atom stereocenters. The lowest BCUT2D eigenvalue weighted by Crippen LogP contribution is -2.41. The second kappa shape index (κ2) is 10.2.